The summed E-state index contributed by atoms with van der Waals surface area (Å²) >= 11 is 3.48. The first-order valence-corrected chi connectivity index (χ1v) is 7.06. The maximum atomic E-state index is 5.70. The van der Waals surface area contributed by atoms with Gasteiger partial charge in [0.25, 0.3) is 0 Å². The average molecular weight is 353 g/mol. The summed E-state index contributed by atoms with van der Waals surface area (Å²) in [5.74, 6) is 7.02. The second kappa shape index (κ2) is 6.84. The van der Waals surface area contributed by atoms with Crippen molar-refractivity contribution in [3.63, 3.8) is 0 Å². The van der Waals surface area contributed by atoms with Gasteiger partial charge in [-0.1, -0.05) is 0 Å². The van der Waals surface area contributed by atoms with Gasteiger partial charge in [0.2, 0.25) is 0 Å². The molecule has 112 valence electrons. The number of hydrazine groups is 1. The van der Waals surface area contributed by atoms with Crippen molar-refractivity contribution in [3.05, 3.63) is 46.0 Å². The zero-order valence-electron chi connectivity index (χ0n) is 12.1. The van der Waals surface area contributed by atoms with E-state index in [-0.39, 0.29) is 6.04 Å². The van der Waals surface area contributed by atoms with E-state index in [0.717, 1.165) is 15.7 Å². The molecule has 1 atom stereocenters. The summed E-state index contributed by atoms with van der Waals surface area (Å²) in [6.07, 6.45) is 3.39. The smallest absolute Gasteiger partial charge is 0.142 e. The van der Waals surface area contributed by atoms with Crippen LogP contribution < -0.4 is 20.7 Å². The Labute approximate surface area is 131 Å². The Balaban J connectivity index is 2.52. The second-order valence-corrected chi connectivity index (χ2v) is 5.18. The lowest BCUT2D eigenvalue weighted by atomic mass is 10.0. The van der Waals surface area contributed by atoms with Crippen LogP contribution in [0, 0.1) is 6.92 Å². The molecule has 0 bridgehead atoms. The number of nitrogens with zero attached hydrogens (tertiary/aromatic N) is 2. The third kappa shape index (κ3) is 3.15. The molecule has 0 fully saturated rings. The molecule has 2 aromatic rings. The van der Waals surface area contributed by atoms with Gasteiger partial charge in [-0.3, -0.25) is 15.8 Å². The molecule has 2 rings (SSSR count). The molecule has 0 aliphatic carbocycles. The van der Waals surface area contributed by atoms with Gasteiger partial charge in [0.15, 0.2) is 0 Å². The molecular formula is C14H17BrN4O2. The second-order valence-electron chi connectivity index (χ2n) is 4.39. The summed E-state index contributed by atoms with van der Waals surface area (Å²) in [5.41, 5.74) is 5.14. The Morgan fingerprint density at radius 2 is 1.95 bits per heavy atom. The predicted molar refractivity (Wildman–Crippen MR) is 83.2 cm³/mol. The number of hydrogen-bond acceptors (Lipinski definition) is 6. The number of rotatable bonds is 5. The molecule has 3 N–H and O–H groups in total. The summed E-state index contributed by atoms with van der Waals surface area (Å²) in [7, 11) is 3.20. The molecule has 0 aliphatic rings. The summed E-state index contributed by atoms with van der Waals surface area (Å²) < 4.78 is 11.5. The Bertz CT molecular complexity index is 619. The van der Waals surface area contributed by atoms with E-state index in [1.54, 1.807) is 26.6 Å². The van der Waals surface area contributed by atoms with Crippen LogP contribution in [0.1, 0.15) is 23.0 Å². The minimum atomic E-state index is -0.338. The number of aryl methyl sites for hydroxylation is 1. The van der Waals surface area contributed by atoms with Crippen molar-refractivity contribution in [2.45, 2.75) is 13.0 Å². The number of ether oxygens (including phenoxy) is 2. The average Bonchev–Trinajstić information content (AvgIpc) is 2.50. The van der Waals surface area contributed by atoms with Crippen LogP contribution in [0.4, 0.5) is 0 Å². The number of nitrogens with one attached hydrogen (secondary N) is 1. The third-order valence-electron chi connectivity index (χ3n) is 3.09. The molecule has 0 amide bonds. The number of methoxy groups -OCH3 is 2. The summed E-state index contributed by atoms with van der Waals surface area (Å²) in [6, 6.07) is 3.39. The van der Waals surface area contributed by atoms with E-state index in [1.165, 1.54) is 0 Å². The highest BCUT2D eigenvalue weighted by Crippen LogP contribution is 2.40. The fourth-order valence-corrected chi connectivity index (χ4v) is 2.72. The van der Waals surface area contributed by atoms with E-state index in [2.05, 4.69) is 31.3 Å². The molecule has 7 heteroatoms. The third-order valence-corrected chi connectivity index (χ3v) is 3.84. The van der Waals surface area contributed by atoms with Crippen molar-refractivity contribution in [2.24, 2.45) is 5.84 Å². The highest BCUT2D eigenvalue weighted by Gasteiger charge is 2.22. The lowest BCUT2D eigenvalue weighted by molar-refractivity contribution is 0.382. The molecule has 0 aliphatic heterocycles. The van der Waals surface area contributed by atoms with Gasteiger partial charge in [-0.2, -0.15) is 0 Å². The lowest BCUT2D eigenvalue weighted by Gasteiger charge is -2.20. The van der Waals surface area contributed by atoms with E-state index in [1.807, 2.05) is 19.1 Å². The van der Waals surface area contributed by atoms with Crippen LogP contribution in [0.3, 0.4) is 0 Å². The van der Waals surface area contributed by atoms with Gasteiger partial charge < -0.3 is 9.47 Å². The van der Waals surface area contributed by atoms with Gasteiger partial charge in [-0.15, -0.1) is 0 Å². The summed E-state index contributed by atoms with van der Waals surface area (Å²) in [4.78, 5) is 8.62. The van der Waals surface area contributed by atoms with Crippen molar-refractivity contribution in [1.29, 1.82) is 0 Å². The largest absolute Gasteiger partial charge is 0.495 e. The van der Waals surface area contributed by atoms with Crippen LogP contribution in [-0.4, -0.2) is 24.2 Å². The van der Waals surface area contributed by atoms with Crippen LogP contribution in [-0.2, 0) is 0 Å². The van der Waals surface area contributed by atoms with Crippen LogP contribution in [0.5, 0.6) is 11.5 Å². The standard InChI is InChI=1S/C14H17BrN4O2/c1-8-6-18-10(7-17-8)13(19-16)9-4-5-11(20-2)12(15)14(9)21-3/h4-7,13,19H,16H2,1-3H3. The van der Waals surface area contributed by atoms with Crippen molar-refractivity contribution < 1.29 is 9.47 Å². The maximum absolute atomic E-state index is 5.70. The molecule has 1 aromatic heterocycles. The Morgan fingerprint density at radius 3 is 2.48 bits per heavy atom. The molecule has 21 heavy (non-hydrogen) atoms. The minimum Gasteiger partial charge on any atom is -0.495 e. The minimum absolute atomic E-state index is 0.338. The molecule has 1 heterocycles. The van der Waals surface area contributed by atoms with Gasteiger partial charge in [0, 0.05) is 11.8 Å². The van der Waals surface area contributed by atoms with Crippen molar-refractivity contribution in [2.75, 3.05) is 14.2 Å². The summed E-state index contributed by atoms with van der Waals surface area (Å²) in [6.45, 7) is 1.88. The van der Waals surface area contributed by atoms with Crippen LogP contribution in [0.15, 0.2) is 29.0 Å². The molecule has 1 unspecified atom stereocenters. The fraction of sp³-hybridized carbons (Fsp3) is 0.286. The SMILES string of the molecule is COc1ccc(C(NN)c2cnc(C)cn2)c(OC)c1Br. The molecule has 0 saturated carbocycles. The lowest BCUT2D eigenvalue weighted by Crippen LogP contribution is -2.30. The van der Waals surface area contributed by atoms with Gasteiger partial charge >= 0.3 is 0 Å². The van der Waals surface area contributed by atoms with E-state index in [4.69, 9.17) is 15.3 Å². The van der Waals surface area contributed by atoms with Crippen LogP contribution in [0.25, 0.3) is 0 Å². The molecule has 0 spiro atoms. The number of benzene rings is 1. The molecule has 6 nitrogen and oxygen atoms in total. The van der Waals surface area contributed by atoms with Gasteiger partial charge in [-0.25, -0.2) is 5.43 Å². The monoisotopic (exact) mass is 352 g/mol. The Morgan fingerprint density at radius 1 is 1.19 bits per heavy atom. The van der Waals surface area contributed by atoms with E-state index >= 15 is 0 Å². The number of nitrogens with two attached hydrogens (primary N) is 1. The first-order valence-electron chi connectivity index (χ1n) is 6.27. The highest BCUT2D eigenvalue weighted by atomic mass is 79.9. The van der Waals surface area contributed by atoms with Crippen molar-refractivity contribution in [1.82, 2.24) is 15.4 Å². The molecular weight excluding hydrogens is 336 g/mol. The fourth-order valence-electron chi connectivity index (χ4n) is 2.03. The van der Waals surface area contributed by atoms with Crippen LogP contribution in [0.2, 0.25) is 0 Å². The topological polar surface area (TPSA) is 82.3 Å². The van der Waals surface area contributed by atoms with E-state index in [0.29, 0.717) is 17.2 Å². The van der Waals surface area contributed by atoms with Gasteiger partial charge in [0.05, 0.1) is 37.8 Å². The maximum Gasteiger partial charge on any atom is 0.142 e. The quantitative estimate of drug-likeness (QED) is 0.633. The Kier molecular flexibility index (Phi) is 5.11. The normalized spacial score (nSPS) is 12.0. The number of aromatic nitrogens is 2. The predicted octanol–water partition coefficient (Wildman–Crippen LogP) is 2.12. The first-order chi connectivity index (χ1) is 10.1. The molecule has 1 aromatic carbocycles. The van der Waals surface area contributed by atoms with Crippen LogP contribution >= 0.6 is 15.9 Å². The highest BCUT2D eigenvalue weighted by molar-refractivity contribution is 9.10. The van der Waals surface area contributed by atoms with Crippen molar-refractivity contribution >= 4 is 15.9 Å². The van der Waals surface area contributed by atoms with Gasteiger partial charge in [0.1, 0.15) is 16.0 Å². The first kappa shape index (κ1) is 15.7. The number of halogens is 1. The summed E-state index contributed by atoms with van der Waals surface area (Å²) in [5, 5.41) is 0. The zero-order chi connectivity index (χ0) is 15.4. The zero-order valence-corrected chi connectivity index (χ0v) is 13.6. The van der Waals surface area contributed by atoms with Crippen molar-refractivity contribution in [3.8, 4) is 11.5 Å². The molecule has 0 saturated heterocycles. The number of hydrogen-bond donors (Lipinski definition) is 2. The molecule has 0 radical (unpaired) electrons. The Hall–Kier alpha value is -1.70. The van der Waals surface area contributed by atoms with E-state index in [9.17, 15) is 0 Å². The van der Waals surface area contributed by atoms with E-state index < -0.39 is 0 Å². The van der Waals surface area contributed by atoms with Gasteiger partial charge in [-0.05, 0) is 35.0 Å².